The summed E-state index contributed by atoms with van der Waals surface area (Å²) >= 11 is 1.36. The Balaban J connectivity index is 2.22. The number of benzene rings is 1. The topological polar surface area (TPSA) is 116 Å². The van der Waals surface area contributed by atoms with Crippen molar-refractivity contribution in [1.29, 1.82) is 10.5 Å². The fourth-order valence-electron chi connectivity index (χ4n) is 2.16. The SMILES string of the molecule is CSc1nc2c(N)cnn2c(Nc2cccc(C#N)c2)c1C#N. The Morgan fingerprint density at radius 1 is 1.30 bits per heavy atom. The molecule has 0 saturated heterocycles. The van der Waals surface area contributed by atoms with Gasteiger partial charge in [0.15, 0.2) is 11.5 Å². The molecule has 0 aliphatic carbocycles. The molecule has 23 heavy (non-hydrogen) atoms. The molecule has 3 N–H and O–H groups in total. The zero-order valence-corrected chi connectivity index (χ0v) is 12.9. The number of nitrogens with one attached hydrogen (secondary N) is 1. The fraction of sp³-hybridized carbons (Fsp3) is 0.0667. The van der Waals surface area contributed by atoms with Crippen LogP contribution in [0.5, 0.6) is 0 Å². The number of fused-ring (bicyclic) bond motifs is 1. The van der Waals surface area contributed by atoms with Crippen molar-refractivity contribution in [3.8, 4) is 12.1 Å². The summed E-state index contributed by atoms with van der Waals surface area (Å²) in [5.74, 6) is 0.466. The molecule has 2 aromatic heterocycles. The maximum absolute atomic E-state index is 9.51. The van der Waals surface area contributed by atoms with Gasteiger partial charge in [0.25, 0.3) is 0 Å². The number of thioether (sulfide) groups is 1. The molecule has 0 amide bonds. The van der Waals surface area contributed by atoms with Gasteiger partial charge in [-0.15, -0.1) is 11.8 Å². The zero-order valence-electron chi connectivity index (χ0n) is 12.1. The van der Waals surface area contributed by atoms with Crippen molar-refractivity contribution < 1.29 is 0 Å². The summed E-state index contributed by atoms with van der Waals surface area (Å²) < 4.78 is 1.49. The van der Waals surface area contributed by atoms with Gasteiger partial charge in [0.05, 0.1) is 23.5 Å². The van der Waals surface area contributed by atoms with Crippen LogP contribution < -0.4 is 11.1 Å². The number of nitriles is 2. The van der Waals surface area contributed by atoms with Crippen molar-refractivity contribution in [2.45, 2.75) is 5.03 Å². The van der Waals surface area contributed by atoms with Crippen LogP contribution in [0.2, 0.25) is 0 Å². The normalized spacial score (nSPS) is 10.2. The Hall–Kier alpha value is -3.23. The molecule has 1 aromatic carbocycles. The van der Waals surface area contributed by atoms with Crippen molar-refractivity contribution in [2.24, 2.45) is 0 Å². The smallest absolute Gasteiger partial charge is 0.181 e. The van der Waals surface area contributed by atoms with Gasteiger partial charge in [0.1, 0.15) is 16.7 Å². The molecule has 0 unspecified atom stereocenters. The summed E-state index contributed by atoms with van der Waals surface area (Å²) in [5.41, 5.74) is 8.36. The average Bonchev–Trinajstić information content (AvgIpc) is 2.95. The van der Waals surface area contributed by atoms with Crippen LogP contribution >= 0.6 is 11.8 Å². The minimum Gasteiger partial charge on any atom is -0.394 e. The van der Waals surface area contributed by atoms with E-state index in [0.717, 1.165) is 0 Å². The molecule has 0 bridgehead atoms. The lowest BCUT2D eigenvalue weighted by molar-refractivity contribution is 0.917. The second-order valence-electron chi connectivity index (χ2n) is 4.61. The molecule has 0 fully saturated rings. The van der Waals surface area contributed by atoms with Crippen molar-refractivity contribution >= 4 is 34.6 Å². The lowest BCUT2D eigenvalue weighted by Gasteiger charge is -2.12. The minimum absolute atomic E-state index is 0.371. The van der Waals surface area contributed by atoms with E-state index in [1.54, 1.807) is 24.3 Å². The molecular weight excluding hydrogens is 310 g/mol. The van der Waals surface area contributed by atoms with E-state index in [4.69, 9.17) is 11.0 Å². The van der Waals surface area contributed by atoms with Crippen LogP contribution in [-0.2, 0) is 0 Å². The number of aromatic nitrogens is 3. The van der Waals surface area contributed by atoms with E-state index in [0.29, 0.717) is 39.0 Å². The van der Waals surface area contributed by atoms with Gasteiger partial charge < -0.3 is 11.1 Å². The number of nitrogen functional groups attached to an aromatic ring is 1. The van der Waals surface area contributed by atoms with Crippen molar-refractivity contribution in [3.05, 3.63) is 41.6 Å². The molecule has 112 valence electrons. The third kappa shape index (κ3) is 2.52. The van der Waals surface area contributed by atoms with Crippen LogP contribution in [0.4, 0.5) is 17.2 Å². The summed E-state index contributed by atoms with van der Waals surface area (Å²) in [4.78, 5) is 4.38. The molecule has 2 heterocycles. The van der Waals surface area contributed by atoms with Crippen molar-refractivity contribution in [2.75, 3.05) is 17.3 Å². The van der Waals surface area contributed by atoms with E-state index in [-0.39, 0.29) is 0 Å². The molecule has 0 spiro atoms. The van der Waals surface area contributed by atoms with E-state index in [1.807, 2.05) is 6.26 Å². The van der Waals surface area contributed by atoms with Crippen molar-refractivity contribution in [1.82, 2.24) is 14.6 Å². The Morgan fingerprint density at radius 3 is 2.83 bits per heavy atom. The molecule has 0 saturated carbocycles. The van der Waals surface area contributed by atoms with Gasteiger partial charge in [-0.1, -0.05) is 6.07 Å². The van der Waals surface area contributed by atoms with Gasteiger partial charge in [-0.2, -0.15) is 20.1 Å². The first-order valence-electron chi connectivity index (χ1n) is 6.56. The van der Waals surface area contributed by atoms with Crippen LogP contribution in [0.25, 0.3) is 5.65 Å². The number of nitrogens with two attached hydrogens (primary N) is 1. The second-order valence-corrected chi connectivity index (χ2v) is 5.40. The van der Waals surface area contributed by atoms with E-state index in [1.165, 1.54) is 22.5 Å². The van der Waals surface area contributed by atoms with Gasteiger partial charge in [0, 0.05) is 5.69 Å². The van der Waals surface area contributed by atoms with Crippen LogP contribution in [0, 0.1) is 22.7 Å². The van der Waals surface area contributed by atoms with E-state index in [9.17, 15) is 5.26 Å². The highest BCUT2D eigenvalue weighted by Gasteiger charge is 2.17. The first-order chi connectivity index (χ1) is 11.2. The Kier molecular flexibility index (Phi) is 3.75. The summed E-state index contributed by atoms with van der Waals surface area (Å²) in [7, 11) is 0. The molecule has 0 aliphatic heterocycles. The molecular formula is C15H11N7S. The molecule has 0 radical (unpaired) electrons. The van der Waals surface area contributed by atoms with E-state index in [2.05, 4.69) is 27.5 Å². The molecule has 3 rings (SSSR count). The lowest BCUT2D eigenvalue weighted by atomic mass is 10.2. The highest BCUT2D eigenvalue weighted by Crippen LogP contribution is 2.30. The maximum Gasteiger partial charge on any atom is 0.181 e. The monoisotopic (exact) mass is 321 g/mol. The zero-order chi connectivity index (χ0) is 16.4. The number of rotatable bonds is 3. The average molecular weight is 321 g/mol. The number of anilines is 3. The van der Waals surface area contributed by atoms with Gasteiger partial charge in [-0.25, -0.2) is 4.98 Å². The molecule has 0 atom stereocenters. The number of hydrogen-bond donors (Lipinski definition) is 2. The van der Waals surface area contributed by atoms with Crippen LogP contribution in [0.1, 0.15) is 11.1 Å². The highest BCUT2D eigenvalue weighted by atomic mass is 32.2. The van der Waals surface area contributed by atoms with Gasteiger partial charge in [-0.3, -0.25) is 0 Å². The highest BCUT2D eigenvalue weighted by molar-refractivity contribution is 7.98. The Morgan fingerprint density at radius 2 is 2.13 bits per heavy atom. The molecule has 3 aromatic rings. The minimum atomic E-state index is 0.371. The van der Waals surface area contributed by atoms with Gasteiger partial charge in [-0.05, 0) is 24.5 Å². The largest absolute Gasteiger partial charge is 0.394 e. The van der Waals surface area contributed by atoms with Crippen LogP contribution in [-0.4, -0.2) is 20.9 Å². The first-order valence-corrected chi connectivity index (χ1v) is 7.79. The third-order valence-electron chi connectivity index (χ3n) is 3.20. The van der Waals surface area contributed by atoms with Crippen molar-refractivity contribution in [3.63, 3.8) is 0 Å². The maximum atomic E-state index is 9.51. The van der Waals surface area contributed by atoms with Gasteiger partial charge >= 0.3 is 0 Å². The van der Waals surface area contributed by atoms with Crippen LogP contribution in [0.15, 0.2) is 35.5 Å². The summed E-state index contributed by atoms with van der Waals surface area (Å²) in [5, 5.41) is 26.4. The predicted octanol–water partition coefficient (Wildman–Crippen LogP) is 2.52. The first kappa shape index (κ1) is 14.7. The fourth-order valence-corrected chi connectivity index (χ4v) is 2.68. The molecule has 7 nitrogen and oxygen atoms in total. The third-order valence-corrected chi connectivity index (χ3v) is 3.88. The predicted molar refractivity (Wildman–Crippen MR) is 88.3 cm³/mol. The Labute approximate surface area is 136 Å². The standard InChI is InChI=1S/C15H11N7S/c1-23-15-11(7-17)13(22-14(21-15)12(18)8-19-22)20-10-4-2-3-9(5-10)6-16/h2-5,8,20H,18H2,1H3. The molecule has 8 heteroatoms. The Bertz CT molecular complexity index is 978. The van der Waals surface area contributed by atoms with Crippen LogP contribution in [0.3, 0.4) is 0 Å². The molecule has 0 aliphatic rings. The van der Waals surface area contributed by atoms with E-state index < -0.39 is 0 Å². The quantitative estimate of drug-likeness (QED) is 0.562. The lowest BCUT2D eigenvalue weighted by Crippen LogP contribution is -2.06. The summed E-state index contributed by atoms with van der Waals surface area (Å²) in [6.45, 7) is 0. The van der Waals surface area contributed by atoms with Gasteiger partial charge in [0.2, 0.25) is 0 Å². The number of nitrogens with zero attached hydrogens (tertiary/aromatic N) is 5. The summed E-state index contributed by atoms with van der Waals surface area (Å²) in [6, 6.07) is 11.2. The van der Waals surface area contributed by atoms with E-state index >= 15 is 0 Å². The number of hydrogen-bond acceptors (Lipinski definition) is 7. The second kappa shape index (κ2) is 5.87. The summed E-state index contributed by atoms with van der Waals surface area (Å²) in [6.07, 6.45) is 3.33.